The maximum absolute atomic E-state index is 11.0. The molecular weight excluding hydrogens is 198 g/mol. The van der Waals surface area contributed by atoms with Crippen LogP contribution >= 0.6 is 0 Å². The molecule has 0 amide bonds. The Morgan fingerprint density at radius 2 is 2.20 bits per heavy atom. The second kappa shape index (κ2) is 4.27. The molecule has 0 aromatic carbocycles. The van der Waals surface area contributed by atoms with Crippen molar-refractivity contribution in [3.63, 3.8) is 0 Å². The molecule has 1 atom stereocenters. The van der Waals surface area contributed by atoms with Crippen LogP contribution in [-0.4, -0.2) is 34.7 Å². The van der Waals surface area contributed by atoms with Crippen LogP contribution in [0.2, 0.25) is 0 Å². The summed E-state index contributed by atoms with van der Waals surface area (Å²) in [5.74, 6) is -2.11. The Morgan fingerprint density at radius 3 is 2.67 bits per heavy atom. The molecule has 82 valence electrons. The third-order valence-corrected chi connectivity index (χ3v) is 2.54. The Kier molecular flexibility index (Phi) is 3.26. The summed E-state index contributed by atoms with van der Waals surface area (Å²) in [6.45, 7) is 0. The SMILES string of the molecule is CN[C@@]1(CC(=O)O)CC=CC=C1C(=O)O. The van der Waals surface area contributed by atoms with Gasteiger partial charge in [-0.3, -0.25) is 4.79 Å². The van der Waals surface area contributed by atoms with Gasteiger partial charge in [-0.2, -0.15) is 0 Å². The number of hydrogen-bond donors (Lipinski definition) is 3. The Morgan fingerprint density at radius 1 is 1.53 bits per heavy atom. The van der Waals surface area contributed by atoms with E-state index in [1.807, 2.05) is 0 Å². The lowest BCUT2D eigenvalue weighted by atomic mass is 9.80. The molecule has 0 saturated carbocycles. The minimum absolute atomic E-state index is 0.0925. The summed E-state index contributed by atoms with van der Waals surface area (Å²) in [5.41, 5.74) is -0.901. The minimum Gasteiger partial charge on any atom is -0.481 e. The molecule has 15 heavy (non-hydrogen) atoms. The molecule has 5 heteroatoms. The standard InChI is InChI=1S/C10H13NO4/c1-11-10(6-8(12)13)5-3-2-4-7(10)9(14)15/h2-4,11H,5-6H2,1H3,(H,12,13)(H,14,15)/t10-/m1/s1. The van der Waals surface area contributed by atoms with Gasteiger partial charge in [-0.05, 0) is 13.5 Å². The quantitative estimate of drug-likeness (QED) is 0.626. The summed E-state index contributed by atoms with van der Waals surface area (Å²) in [6, 6.07) is 0. The summed E-state index contributed by atoms with van der Waals surface area (Å²) >= 11 is 0. The Hall–Kier alpha value is -1.62. The van der Waals surface area contributed by atoms with Gasteiger partial charge in [-0.25, -0.2) is 4.79 Å². The first-order chi connectivity index (χ1) is 7.02. The minimum atomic E-state index is -1.09. The molecule has 0 saturated heterocycles. The maximum atomic E-state index is 11.0. The molecule has 0 aromatic heterocycles. The Balaban J connectivity index is 3.07. The van der Waals surface area contributed by atoms with Gasteiger partial charge in [-0.15, -0.1) is 0 Å². The summed E-state index contributed by atoms with van der Waals surface area (Å²) in [4.78, 5) is 21.7. The third-order valence-electron chi connectivity index (χ3n) is 2.54. The van der Waals surface area contributed by atoms with E-state index < -0.39 is 17.5 Å². The molecule has 0 unspecified atom stereocenters. The van der Waals surface area contributed by atoms with E-state index in [0.717, 1.165) is 0 Å². The van der Waals surface area contributed by atoms with E-state index in [0.29, 0.717) is 6.42 Å². The van der Waals surface area contributed by atoms with Gasteiger partial charge in [0.1, 0.15) is 0 Å². The summed E-state index contributed by atoms with van der Waals surface area (Å²) in [7, 11) is 1.57. The van der Waals surface area contributed by atoms with Gasteiger partial charge in [0.2, 0.25) is 0 Å². The topological polar surface area (TPSA) is 86.6 Å². The van der Waals surface area contributed by atoms with Crippen LogP contribution in [-0.2, 0) is 9.59 Å². The third kappa shape index (κ3) is 2.24. The van der Waals surface area contributed by atoms with E-state index in [4.69, 9.17) is 10.2 Å². The fourth-order valence-corrected chi connectivity index (χ4v) is 1.73. The van der Waals surface area contributed by atoms with E-state index >= 15 is 0 Å². The lowest BCUT2D eigenvalue weighted by Crippen LogP contribution is -2.49. The average Bonchev–Trinajstić information content (AvgIpc) is 2.17. The van der Waals surface area contributed by atoms with Gasteiger partial charge >= 0.3 is 11.9 Å². The smallest absolute Gasteiger partial charge is 0.333 e. The van der Waals surface area contributed by atoms with Crippen molar-refractivity contribution in [2.45, 2.75) is 18.4 Å². The highest BCUT2D eigenvalue weighted by atomic mass is 16.4. The first-order valence-electron chi connectivity index (χ1n) is 4.53. The van der Waals surface area contributed by atoms with E-state index in [1.54, 1.807) is 19.2 Å². The lowest BCUT2D eigenvalue weighted by Gasteiger charge is -2.33. The number of allylic oxidation sites excluding steroid dienone is 2. The molecular formula is C10H13NO4. The zero-order chi connectivity index (χ0) is 11.5. The Labute approximate surface area is 87.1 Å². The van der Waals surface area contributed by atoms with Gasteiger partial charge in [0, 0.05) is 0 Å². The fourth-order valence-electron chi connectivity index (χ4n) is 1.73. The second-order valence-corrected chi connectivity index (χ2v) is 3.42. The van der Waals surface area contributed by atoms with Crippen molar-refractivity contribution in [2.24, 2.45) is 0 Å². The van der Waals surface area contributed by atoms with Crippen LogP contribution in [0, 0.1) is 0 Å². The molecule has 1 rings (SSSR count). The predicted molar refractivity (Wildman–Crippen MR) is 53.5 cm³/mol. The molecule has 0 bridgehead atoms. The number of likely N-dealkylation sites (N-methyl/N-ethyl adjacent to an activating group) is 1. The molecule has 0 fully saturated rings. The van der Waals surface area contributed by atoms with Crippen molar-refractivity contribution in [2.75, 3.05) is 7.05 Å². The van der Waals surface area contributed by atoms with Gasteiger partial charge in [-0.1, -0.05) is 18.2 Å². The molecule has 0 aliphatic heterocycles. The molecule has 0 aromatic rings. The summed E-state index contributed by atoms with van der Waals surface area (Å²) < 4.78 is 0. The number of carboxylic acid groups (broad SMARTS) is 2. The molecule has 5 nitrogen and oxygen atoms in total. The molecule has 1 aliphatic carbocycles. The van der Waals surface area contributed by atoms with Gasteiger partial charge < -0.3 is 15.5 Å². The fraction of sp³-hybridized carbons (Fsp3) is 0.400. The maximum Gasteiger partial charge on any atom is 0.333 e. The van der Waals surface area contributed by atoms with Gasteiger partial charge in [0.25, 0.3) is 0 Å². The van der Waals surface area contributed by atoms with Crippen LogP contribution in [0.1, 0.15) is 12.8 Å². The van der Waals surface area contributed by atoms with Crippen molar-refractivity contribution in [3.8, 4) is 0 Å². The first kappa shape index (κ1) is 11.5. The van der Waals surface area contributed by atoms with Crippen molar-refractivity contribution >= 4 is 11.9 Å². The number of carboxylic acids is 2. The van der Waals surface area contributed by atoms with E-state index in [-0.39, 0.29) is 12.0 Å². The van der Waals surface area contributed by atoms with E-state index in [9.17, 15) is 9.59 Å². The number of nitrogens with one attached hydrogen (secondary N) is 1. The van der Waals surface area contributed by atoms with Crippen molar-refractivity contribution in [1.82, 2.24) is 5.32 Å². The molecule has 0 heterocycles. The van der Waals surface area contributed by atoms with Crippen LogP contribution in [0.25, 0.3) is 0 Å². The van der Waals surface area contributed by atoms with Gasteiger partial charge in [0.15, 0.2) is 0 Å². The summed E-state index contributed by atoms with van der Waals surface area (Å²) in [5, 5.41) is 20.6. The highest BCUT2D eigenvalue weighted by Crippen LogP contribution is 2.29. The number of aliphatic carboxylic acids is 2. The average molecular weight is 211 g/mol. The number of rotatable bonds is 4. The van der Waals surface area contributed by atoms with Crippen LogP contribution in [0.4, 0.5) is 0 Å². The van der Waals surface area contributed by atoms with Crippen LogP contribution in [0.5, 0.6) is 0 Å². The van der Waals surface area contributed by atoms with Crippen molar-refractivity contribution in [3.05, 3.63) is 23.8 Å². The molecule has 3 N–H and O–H groups in total. The van der Waals surface area contributed by atoms with Crippen LogP contribution < -0.4 is 5.32 Å². The van der Waals surface area contributed by atoms with Crippen LogP contribution in [0.3, 0.4) is 0 Å². The zero-order valence-corrected chi connectivity index (χ0v) is 8.36. The van der Waals surface area contributed by atoms with Gasteiger partial charge in [0.05, 0.1) is 17.5 Å². The number of hydrogen-bond acceptors (Lipinski definition) is 3. The first-order valence-corrected chi connectivity index (χ1v) is 4.53. The Bertz CT molecular complexity index is 345. The molecule has 0 radical (unpaired) electrons. The van der Waals surface area contributed by atoms with Crippen molar-refractivity contribution in [1.29, 1.82) is 0 Å². The highest BCUT2D eigenvalue weighted by Gasteiger charge is 2.38. The van der Waals surface area contributed by atoms with Crippen LogP contribution in [0.15, 0.2) is 23.8 Å². The predicted octanol–water partition coefficient (Wildman–Crippen LogP) is 0.390. The molecule has 1 aliphatic rings. The zero-order valence-electron chi connectivity index (χ0n) is 8.36. The van der Waals surface area contributed by atoms with E-state index in [1.165, 1.54) is 6.08 Å². The largest absolute Gasteiger partial charge is 0.481 e. The monoisotopic (exact) mass is 211 g/mol. The van der Waals surface area contributed by atoms with E-state index in [2.05, 4.69) is 5.32 Å². The second-order valence-electron chi connectivity index (χ2n) is 3.42. The number of carbonyl (C=O) groups is 2. The highest BCUT2D eigenvalue weighted by molar-refractivity contribution is 5.91. The lowest BCUT2D eigenvalue weighted by molar-refractivity contribution is -0.138. The summed E-state index contributed by atoms with van der Waals surface area (Å²) in [6.07, 6.45) is 4.94. The molecule has 0 spiro atoms. The van der Waals surface area contributed by atoms with Crippen molar-refractivity contribution < 1.29 is 19.8 Å². The normalized spacial score (nSPS) is 24.7.